The van der Waals surface area contributed by atoms with E-state index < -0.39 is 5.91 Å². The highest BCUT2D eigenvalue weighted by Gasteiger charge is 2.07. The van der Waals surface area contributed by atoms with E-state index >= 15 is 0 Å². The number of benzene rings is 2. The van der Waals surface area contributed by atoms with Crippen LogP contribution < -0.4 is 15.5 Å². The number of ether oxygens (including phenoxy) is 1. The van der Waals surface area contributed by atoms with Crippen LogP contribution in [0.2, 0.25) is 0 Å². The average Bonchev–Trinajstić information content (AvgIpc) is 2.62. The molecule has 136 valence electrons. The Bertz CT molecular complexity index is 810. The maximum absolute atomic E-state index is 12.8. The minimum absolute atomic E-state index is 0.0149. The van der Waals surface area contributed by atoms with E-state index in [-0.39, 0.29) is 24.6 Å². The first-order chi connectivity index (χ1) is 12.5. The molecule has 2 N–H and O–H groups in total. The summed E-state index contributed by atoms with van der Waals surface area (Å²) in [6, 6.07) is 10.8. The minimum atomic E-state index is -0.399. The normalized spacial score (nSPS) is 10.6. The standard InChI is InChI=1S/C18H17BrFN3O3/c1-26-16-7-2-13(19)10-12(16)11-21-23-18(25)9-8-17(24)22-15-5-3-14(20)4-6-15/h2-7,10-11H,8-9H2,1H3,(H,22,24)(H,23,25). The summed E-state index contributed by atoms with van der Waals surface area (Å²) in [5, 5.41) is 6.45. The predicted molar refractivity (Wildman–Crippen MR) is 101 cm³/mol. The lowest BCUT2D eigenvalue weighted by Gasteiger charge is -2.05. The van der Waals surface area contributed by atoms with E-state index in [9.17, 15) is 14.0 Å². The van der Waals surface area contributed by atoms with Gasteiger partial charge in [0.2, 0.25) is 11.8 Å². The van der Waals surface area contributed by atoms with Crippen molar-refractivity contribution < 1.29 is 18.7 Å². The molecule has 0 aliphatic carbocycles. The monoisotopic (exact) mass is 421 g/mol. The molecule has 6 nitrogen and oxygen atoms in total. The Morgan fingerprint density at radius 3 is 2.54 bits per heavy atom. The third-order valence-corrected chi connectivity index (χ3v) is 3.78. The summed E-state index contributed by atoms with van der Waals surface area (Å²) < 4.78 is 18.8. The Balaban J connectivity index is 1.79. The molecule has 0 bridgehead atoms. The van der Waals surface area contributed by atoms with E-state index in [0.29, 0.717) is 17.0 Å². The van der Waals surface area contributed by atoms with Crippen LogP contribution in [0.25, 0.3) is 0 Å². The summed E-state index contributed by atoms with van der Waals surface area (Å²) in [6.07, 6.45) is 1.42. The molecule has 2 aromatic carbocycles. The lowest BCUT2D eigenvalue weighted by Crippen LogP contribution is -2.20. The molecular formula is C18H17BrFN3O3. The van der Waals surface area contributed by atoms with Crippen LogP contribution in [0.4, 0.5) is 10.1 Å². The number of halogens is 2. The Morgan fingerprint density at radius 2 is 1.85 bits per heavy atom. The highest BCUT2D eigenvalue weighted by molar-refractivity contribution is 9.10. The molecule has 0 unspecified atom stereocenters. The second-order valence-electron chi connectivity index (χ2n) is 5.23. The van der Waals surface area contributed by atoms with Crippen molar-refractivity contribution >= 4 is 39.6 Å². The number of carbonyl (C=O) groups is 2. The molecule has 0 aliphatic rings. The van der Waals surface area contributed by atoms with Gasteiger partial charge in [-0.15, -0.1) is 0 Å². The highest BCUT2D eigenvalue weighted by atomic mass is 79.9. The van der Waals surface area contributed by atoms with Crippen molar-refractivity contribution in [2.45, 2.75) is 12.8 Å². The molecule has 0 saturated carbocycles. The van der Waals surface area contributed by atoms with Gasteiger partial charge in [-0.05, 0) is 42.5 Å². The summed E-state index contributed by atoms with van der Waals surface area (Å²) >= 11 is 3.35. The smallest absolute Gasteiger partial charge is 0.240 e. The van der Waals surface area contributed by atoms with Gasteiger partial charge in [-0.25, -0.2) is 9.82 Å². The summed E-state index contributed by atoms with van der Waals surface area (Å²) in [7, 11) is 1.54. The fourth-order valence-corrected chi connectivity index (χ4v) is 2.40. The van der Waals surface area contributed by atoms with Crippen molar-refractivity contribution in [1.82, 2.24) is 5.43 Å². The second kappa shape index (κ2) is 9.67. The zero-order chi connectivity index (χ0) is 18.9. The van der Waals surface area contributed by atoms with E-state index in [2.05, 4.69) is 31.8 Å². The fourth-order valence-electron chi connectivity index (χ4n) is 2.02. The van der Waals surface area contributed by atoms with Crippen molar-refractivity contribution in [1.29, 1.82) is 0 Å². The molecule has 0 aromatic heterocycles. The maximum Gasteiger partial charge on any atom is 0.240 e. The summed E-state index contributed by atoms with van der Waals surface area (Å²) in [5.74, 6) is -0.513. The van der Waals surface area contributed by atoms with E-state index in [1.165, 1.54) is 30.5 Å². The van der Waals surface area contributed by atoms with Gasteiger partial charge in [-0.2, -0.15) is 5.10 Å². The molecule has 0 spiro atoms. The van der Waals surface area contributed by atoms with Gasteiger partial charge in [0, 0.05) is 28.6 Å². The van der Waals surface area contributed by atoms with Gasteiger partial charge in [0.1, 0.15) is 11.6 Å². The predicted octanol–water partition coefficient (Wildman–Crippen LogP) is 3.47. The number of amides is 2. The molecule has 2 amide bonds. The Kier molecular flexibility index (Phi) is 7.28. The quantitative estimate of drug-likeness (QED) is 0.530. The summed E-state index contributed by atoms with van der Waals surface area (Å²) in [6.45, 7) is 0. The maximum atomic E-state index is 12.8. The number of methoxy groups -OCH3 is 1. The van der Waals surface area contributed by atoms with Crippen molar-refractivity contribution in [3.05, 3.63) is 58.3 Å². The molecule has 0 aliphatic heterocycles. The van der Waals surface area contributed by atoms with Gasteiger partial charge in [0.25, 0.3) is 0 Å². The first-order valence-electron chi connectivity index (χ1n) is 7.69. The minimum Gasteiger partial charge on any atom is -0.496 e. The summed E-state index contributed by atoms with van der Waals surface area (Å²) in [4.78, 5) is 23.5. The molecule has 2 aromatic rings. The van der Waals surface area contributed by atoms with Gasteiger partial charge in [0.05, 0.1) is 13.3 Å². The van der Waals surface area contributed by atoms with E-state index in [0.717, 1.165) is 4.47 Å². The third kappa shape index (κ3) is 6.29. The molecular weight excluding hydrogens is 405 g/mol. The molecule has 0 fully saturated rings. The van der Waals surface area contributed by atoms with Crippen LogP contribution in [0.3, 0.4) is 0 Å². The van der Waals surface area contributed by atoms with Gasteiger partial charge < -0.3 is 10.1 Å². The number of carbonyl (C=O) groups excluding carboxylic acids is 2. The van der Waals surface area contributed by atoms with E-state index in [1.807, 2.05) is 6.07 Å². The number of hydrazone groups is 1. The topological polar surface area (TPSA) is 79.8 Å². The number of hydrogen-bond donors (Lipinski definition) is 2. The van der Waals surface area contributed by atoms with Crippen LogP contribution in [0, 0.1) is 5.82 Å². The molecule has 0 atom stereocenters. The molecule has 0 saturated heterocycles. The van der Waals surface area contributed by atoms with Crippen LogP contribution >= 0.6 is 15.9 Å². The Labute approximate surface area is 158 Å². The van der Waals surface area contributed by atoms with Crippen LogP contribution in [0.15, 0.2) is 52.0 Å². The number of nitrogens with one attached hydrogen (secondary N) is 2. The van der Waals surface area contributed by atoms with Crippen molar-refractivity contribution in [2.75, 3.05) is 12.4 Å². The first-order valence-corrected chi connectivity index (χ1v) is 8.48. The van der Waals surface area contributed by atoms with E-state index in [4.69, 9.17) is 4.74 Å². The van der Waals surface area contributed by atoms with Gasteiger partial charge in [-0.1, -0.05) is 15.9 Å². The number of hydrogen-bond acceptors (Lipinski definition) is 4. The van der Waals surface area contributed by atoms with E-state index in [1.54, 1.807) is 19.2 Å². The number of anilines is 1. The molecule has 26 heavy (non-hydrogen) atoms. The van der Waals surface area contributed by atoms with Crippen molar-refractivity contribution in [3.8, 4) is 5.75 Å². The SMILES string of the molecule is COc1ccc(Br)cc1C=NNC(=O)CCC(=O)Nc1ccc(F)cc1. The van der Waals surface area contributed by atoms with Crippen LogP contribution in [-0.2, 0) is 9.59 Å². The Hall–Kier alpha value is -2.74. The molecule has 8 heteroatoms. The molecule has 0 radical (unpaired) electrons. The largest absolute Gasteiger partial charge is 0.496 e. The van der Waals surface area contributed by atoms with Crippen molar-refractivity contribution in [2.24, 2.45) is 5.10 Å². The average molecular weight is 422 g/mol. The number of nitrogens with zero attached hydrogens (tertiary/aromatic N) is 1. The zero-order valence-corrected chi connectivity index (χ0v) is 15.5. The van der Waals surface area contributed by atoms with Gasteiger partial charge in [0.15, 0.2) is 0 Å². The van der Waals surface area contributed by atoms with Crippen LogP contribution in [-0.4, -0.2) is 25.1 Å². The molecule has 2 rings (SSSR count). The number of rotatable bonds is 7. The van der Waals surface area contributed by atoms with Gasteiger partial charge >= 0.3 is 0 Å². The second-order valence-corrected chi connectivity index (χ2v) is 6.15. The molecule has 0 heterocycles. The lowest BCUT2D eigenvalue weighted by molar-refractivity contribution is -0.124. The highest BCUT2D eigenvalue weighted by Crippen LogP contribution is 2.21. The summed E-state index contributed by atoms with van der Waals surface area (Å²) in [5.41, 5.74) is 3.52. The zero-order valence-electron chi connectivity index (χ0n) is 14.0. The Morgan fingerprint density at radius 1 is 1.15 bits per heavy atom. The van der Waals surface area contributed by atoms with Crippen molar-refractivity contribution in [3.63, 3.8) is 0 Å². The van der Waals surface area contributed by atoms with Crippen LogP contribution in [0.5, 0.6) is 5.75 Å². The third-order valence-electron chi connectivity index (χ3n) is 3.29. The van der Waals surface area contributed by atoms with Gasteiger partial charge in [-0.3, -0.25) is 9.59 Å². The van der Waals surface area contributed by atoms with Crippen LogP contribution in [0.1, 0.15) is 18.4 Å². The fraction of sp³-hybridized carbons (Fsp3) is 0.167. The first kappa shape index (κ1) is 19.6. The lowest BCUT2D eigenvalue weighted by atomic mass is 10.2.